The van der Waals surface area contributed by atoms with Crippen molar-refractivity contribution >= 4 is 23.6 Å². The number of amides is 2. The summed E-state index contributed by atoms with van der Waals surface area (Å²) in [5.41, 5.74) is 3.18. The number of nitrogens with zero attached hydrogens (tertiary/aromatic N) is 1. The average Bonchev–Trinajstić information content (AvgIpc) is 2.79. The summed E-state index contributed by atoms with van der Waals surface area (Å²) < 4.78 is 0. The van der Waals surface area contributed by atoms with Crippen molar-refractivity contribution in [3.8, 4) is 11.5 Å². The second kappa shape index (κ2) is 5.25. The normalized spacial score (nSPS) is 16.2. The molecule has 0 spiro atoms. The van der Waals surface area contributed by atoms with E-state index in [0.717, 1.165) is 11.1 Å². The smallest absolute Gasteiger partial charge is 0.282 e. The zero-order chi connectivity index (χ0) is 15.7. The van der Waals surface area contributed by atoms with E-state index in [1.165, 1.54) is 18.2 Å². The number of anilines is 1. The van der Waals surface area contributed by atoms with Gasteiger partial charge < -0.3 is 10.2 Å². The SMILES string of the molecule is O=C1NN(c2ccccc2)C(=O)/C1=C\c1ccc(O)cc1O. The van der Waals surface area contributed by atoms with Gasteiger partial charge in [0.2, 0.25) is 0 Å². The number of carbonyl (C=O) groups excluding carboxylic acids is 2. The lowest BCUT2D eigenvalue weighted by molar-refractivity contribution is -0.117. The molecular weight excluding hydrogens is 284 g/mol. The fourth-order valence-corrected chi connectivity index (χ4v) is 2.13. The summed E-state index contributed by atoms with van der Waals surface area (Å²) in [4.78, 5) is 24.3. The van der Waals surface area contributed by atoms with Crippen molar-refractivity contribution in [3.63, 3.8) is 0 Å². The largest absolute Gasteiger partial charge is 0.508 e. The van der Waals surface area contributed by atoms with Gasteiger partial charge in [-0.2, -0.15) is 0 Å². The molecule has 0 bridgehead atoms. The Kier molecular flexibility index (Phi) is 3.27. The molecule has 22 heavy (non-hydrogen) atoms. The molecule has 3 N–H and O–H groups in total. The Hall–Kier alpha value is -3.28. The van der Waals surface area contributed by atoms with Crippen molar-refractivity contribution in [2.45, 2.75) is 0 Å². The maximum absolute atomic E-state index is 12.3. The molecule has 6 nitrogen and oxygen atoms in total. The third-order valence-electron chi connectivity index (χ3n) is 3.22. The maximum atomic E-state index is 12.3. The zero-order valence-electron chi connectivity index (χ0n) is 11.4. The third kappa shape index (κ3) is 2.37. The molecule has 1 aliphatic rings. The number of hydrogen-bond acceptors (Lipinski definition) is 4. The Morgan fingerprint density at radius 3 is 2.41 bits per heavy atom. The quantitative estimate of drug-likeness (QED) is 0.579. The Morgan fingerprint density at radius 1 is 1.00 bits per heavy atom. The van der Waals surface area contributed by atoms with Gasteiger partial charge in [-0.1, -0.05) is 18.2 Å². The van der Waals surface area contributed by atoms with Gasteiger partial charge in [-0.05, 0) is 30.3 Å². The number of benzene rings is 2. The first kappa shape index (κ1) is 13.7. The number of phenolic OH excluding ortho intramolecular Hbond substituents is 2. The van der Waals surface area contributed by atoms with Crippen LogP contribution in [0.25, 0.3) is 6.08 Å². The number of aromatic hydroxyl groups is 2. The summed E-state index contributed by atoms with van der Waals surface area (Å²) >= 11 is 0. The molecule has 1 heterocycles. The number of nitrogens with one attached hydrogen (secondary N) is 1. The van der Waals surface area contributed by atoms with Crippen LogP contribution in [0.2, 0.25) is 0 Å². The highest BCUT2D eigenvalue weighted by atomic mass is 16.3. The van der Waals surface area contributed by atoms with Crippen LogP contribution in [0.15, 0.2) is 54.1 Å². The molecule has 2 aromatic carbocycles. The van der Waals surface area contributed by atoms with E-state index in [4.69, 9.17) is 0 Å². The molecule has 0 radical (unpaired) electrons. The van der Waals surface area contributed by atoms with Gasteiger partial charge in [-0.15, -0.1) is 0 Å². The molecule has 0 aromatic heterocycles. The molecule has 2 aromatic rings. The minimum Gasteiger partial charge on any atom is -0.508 e. The first-order chi connectivity index (χ1) is 10.6. The second-order valence-electron chi connectivity index (χ2n) is 4.72. The second-order valence-corrected chi connectivity index (χ2v) is 4.72. The summed E-state index contributed by atoms with van der Waals surface area (Å²) in [6.45, 7) is 0. The monoisotopic (exact) mass is 296 g/mol. The van der Waals surface area contributed by atoms with E-state index in [9.17, 15) is 19.8 Å². The van der Waals surface area contributed by atoms with E-state index in [2.05, 4.69) is 5.43 Å². The lowest BCUT2D eigenvalue weighted by atomic mass is 10.1. The molecule has 1 saturated heterocycles. The lowest BCUT2D eigenvalue weighted by Gasteiger charge is -2.13. The van der Waals surface area contributed by atoms with Crippen LogP contribution < -0.4 is 10.4 Å². The van der Waals surface area contributed by atoms with Crippen LogP contribution in [0.1, 0.15) is 5.56 Å². The maximum Gasteiger partial charge on any atom is 0.282 e. The van der Waals surface area contributed by atoms with Crippen LogP contribution in [-0.2, 0) is 9.59 Å². The molecular formula is C16H12N2O4. The predicted octanol–water partition coefficient (Wildman–Crippen LogP) is 1.56. The molecule has 110 valence electrons. The standard InChI is InChI=1S/C16H12N2O4/c19-12-7-6-10(14(20)9-12)8-13-15(21)17-18(16(13)22)11-4-2-1-3-5-11/h1-9,19-20H,(H,17,21)/b13-8-. The Labute approximate surface area is 125 Å². The van der Waals surface area contributed by atoms with Crippen molar-refractivity contribution in [1.82, 2.24) is 5.43 Å². The minimum absolute atomic E-state index is 0.0927. The van der Waals surface area contributed by atoms with E-state index < -0.39 is 11.8 Å². The Balaban J connectivity index is 1.96. The van der Waals surface area contributed by atoms with Crippen molar-refractivity contribution in [2.75, 3.05) is 5.01 Å². The first-order valence-corrected chi connectivity index (χ1v) is 6.50. The summed E-state index contributed by atoms with van der Waals surface area (Å²) in [6, 6.07) is 12.6. The lowest BCUT2D eigenvalue weighted by Crippen LogP contribution is -2.35. The number of hydrazine groups is 1. The van der Waals surface area contributed by atoms with Gasteiger partial charge >= 0.3 is 0 Å². The average molecular weight is 296 g/mol. The number of hydrogen-bond donors (Lipinski definition) is 3. The third-order valence-corrected chi connectivity index (χ3v) is 3.22. The molecule has 3 rings (SSSR count). The molecule has 0 atom stereocenters. The molecule has 0 aliphatic carbocycles. The molecule has 2 amide bonds. The van der Waals surface area contributed by atoms with Gasteiger partial charge in [0, 0.05) is 11.6 Å². The van der Waals surface area contributed by atoms with E-state index in [-0.39, 0.29) is 22.6 Å². The summed E-state index contributed by atoms with van der Waals surface area (Å²) in [5.74, 6) is -1.39. The van der Waals surface area contributed by atoms with Gasteiger partial charge in [0.1, 0.15) is 17.1 Å². The van der Waals surface area contributed by atoms with Crippen molar-refractivity contribution < 1.29 is 19.8 Å². The minimum atomic E-state index is -0.554. The summed E-state index contributed by atoms with van der Waals surface area (Å²) in [7, 11) is 0. The van der Waals surface area contributed by atoms with Crippen molar-refractivity contribution in [2.24, 2.45) is 0 Å². The van der Waals surface area contributed by atoms with Crippen LogP contribution in [0.3, 0.4) is 0 Å². The highest BCUT2D eigenvalue weighted by Gasteiger charge is 2.34. The molecule has 6 heteroatoms. The number of para-hydroxylation sites is 1. The number of rotatable bonds is 2. The van der Waals surface area contributed by atoms with Crippen LogP contribution >= 0.6 is 0 Å². The fourth-order valence-electron chi connectivity index (χ4n) is 2.13. The molecule has 0 unspecified atom stereocenters. The number of phenols is 2. The predicted molar refractivity (Wildman–Crippen MR) is 79.8 cm³/mol. The summed E-state index contributed by atoms with van der Waals surface area (Å²) in [5, 5.41) is 20.1. The van der Waals surface area contributed by atoms with E-state index in [1.807, 2.05) is 0 Å². The van der Waals surface area contributed by atoms with Crippen LogP contribution in [0, 0.1) is 0 Å². The van der Waals surface area contributed by atoms with Gasteiger partial charge in [0.25, 0.3) is 11.8 Å². The molecule has 1 fully saturated rings. The van der Waals surface area contributed by atoms with Crippen molar-refractivity contribution in [1.29, 1.82) is 0 Å². The topological polar surface area (TPSA) is 89.9 Å². The highest BCUT2D eigenvalue weighted by Crippen LogP contribution is 2.27. The van der Waals surface area contributed by atoms with E-state index >= 15 is 0 Å². The van der Waals surface area contributed by atoms with E-state index in [1.54, 1.807) is 30.3 Å². The van der Waals surface area contributed by atoms with Gasteiger partial charge in [-0.25, -0.2) is 5.01 Å². The Morgan fingerprint density at radius 2 is 1.73 bits per heavy atom. The molecule has 0 saturated carbocycles. The highest BCUT2D eigenvalue weighted by molar-refractivity contribution is 6.31. The van der Waals surface area contributed by atoms with Crippen LogP contribution in [0.4, 0.5) is 5.69 Å². The van der Waals surface area contributed by atoms with Crippen LogP contribution in [0.5, 0.6) is 11.5 Å². The zero-order valence-corrected chi connectivity index (χ0v) is 11.4. The van der Waals surface area contributed by atoms with E-state index in [0.29, 0.717) is 5.69 Å². The summed E-state index contributed by atoms with van der Waals surface area (Å²) in [6.07, 6.45) is 1.29. The van der Waals surface area contributed by atoms with Gasteiger partial charge in [0.15, 0.2) is 0 Å². The Bertz CT molecular complexity index is 784. The van der Waals surface area contributed by atoms with Crippen LogP contribution in [-0.4, -0.2) is 22.0 Å². The van der Waals surface area contributed by atoms with Gasteiger partial charge in [-0.3, -0.25) is 15.0 Å². The molecule has 1 aliphatic heterocycles. The number of carbonyl (C=O) groups is 2. The fraction of sp³-hybridized carbons (Fsp3) is 0. The first-order valence-electron chi connectivity index (χ1n) is 6.50. The van der Waals surface area contributed by atoms with Gasteiger partial charge in [0.05, 0.1) is 5.69 Å². The van der Waals surface area contributed by atoms with Crippen molar-refractivity contribution in [3.05, 3.63) is 59.7 Å².